The number of carbonyl (C=O) groups is 4. The van der Waals surface area contributed by atoms with Gasteiger partial charge in [0.05, 0.1) is 5.92 Å². The SMILES string of the molecule is CC(CN(C)C(=O)NC1CCC(=O)N(C)C1=O)C(=O)O. The summed E-state index contributed by atoms with van der Waals surface area (Å²) in [5.74, 6) is -2.41. The van der Waals surface area contributed by atoms with Crippen LogP contribution in [0.25, 0.3) is 0 Å². The van der Waals surface area contributed by atoms with Crippen LogP contribution in [0.5, 0.6) is 0 Å². The summed E-state index contributed by atoms with van der Waals surface area (Å²) in [6, 6.07) is -1.27. The summed E-state index contributed by atoms with van der Waals surface area (Å²) in [7, 11) is 2.83. The lowest BCUT2D eigenvalue weighted by atomic mass is 10.1. The van der Waals surface area contributed by atoms with E-state index in [0.717, 1.165) is 4.90 Å². The van der Waals surface area contributed by atoms with Gasteiger partial charge in [-0.3, -0.25) is 19.3 Å². The molecular weight excluding hydrogens is 266 g/mol. The summed E-state index contributed by atoms with van der Waals surface area (Å²) < 4.78 is 0. The lowest BCUT2D eigenvalue weighted by Gasteiger charge is -2.30. The van der Waals surface area contributed by atoms with Crippen LogP contribution in [0.4, 0.5) is 4.79 Å². The number of aliphatic carboxylic acids is 1. The Morgan fingerprint density at radius 3 is 2.65 bits per heavy atom. The van der Waals surface area contributed by atoms with Crippen molar-refractivity contribution in [2.45, 2.75) is 25.8 Å². The molecule has 0 aliphatic carbocycles. The number of imide groups is 1. The molecule has 0 aromatic carbocycles. The maximum Gasteiger partial charge on any atom is 0.317 e. The van der Waals surface area contributed by atoms with Gasteiger partial charge in [0, 0.05) is 27.1 Å². The van der Waals surface area contributed by atoms with Gasteiger partial charge < -0.3 is 15.3 Å². The molecule has 2 atom stereocenters. The number of piperidine rings is 1. The number of hydrogen-bond donors (Lipinski definition) is 2. The third-order valence-corrected chi connectivity index (χ3v) is 3.26. The highest BCUT2D eigenvalue weighted by Gasteiger charge is 2.33. The first-order valence-corrected chi connectivity index (χ1v) is 6.29. The molecule has 8 heteroatoms. The Labute approximate surface area is 116 Å². The van der Waals surface area contributed by atoms with Crippen LogP contribution in [0.1, 0.15) is 19.8 Å². The Morgan fingerprint density at radius 2 is 2.10 bits per heavy atom. The zero-order valence-corrected chi connectivity index (χ0v) is 11.8. The fourth-order valence-electron chi connectivity index (χ4n) is 1.88. The number of urea groups is 1. The Balaban J connectivity index is 2.55. The molecule has 20 heavy (non-hydrogen) atoms. The summed E-state index contributed by atoms with van der Waals surface area (Å²) in [5, 5.41) is 11.3. The third-order valence-electron chi connectivity index (χ3n) is 3.26. The first-order chi connectivity index (χ1) is 9.23. The number of likely N-dealkylation sites (N-methyl/N-ethyl adjacent to an activating group) is 1. The van der Waals surface area contributed by atoms with Crippen LogP contribution < -0.4 is 5.32 Å². The number of hydrogen-bond acceptors (Lipinski definition) is 4. The van der Waals surface area contributed by atoms with E-state index in [9.17, 15) is 19.2 Å². The number of carboxylic acid groups (broad SMARTS) is 1. The van der Waals surface area contributed by atoms with E-state index in [1.165, 1.54) is 25.9 Å². The zero-order valence-electron chi connectivity index (χ0n) is 11.8. The number of rotatable bonds is 4. The Morgan fingerprint density at radius 1 is 1.50 bits per heavy atom. The van der Waals surface area contributed by atoms with E-state index in [0.29, 0.717) is 0 Å². The molecule has 0 bridgehead atoms. The van der Waals surface area contributed by atoms with Crippen LogP contribution in [0.3, 0.4) is 0 Å². The maximum atomic E-state index is 11.9. The van der Waals surface area contributed by atoms with E-state index in [1.807, 2.05) is 0 Å². The van der Waals surface area contributed by atoms with Gasteiger partial charge in [0.1, 0.15) is 6.04 Å². The largest absolute Gasteiger partial charge is 0.481 e. The molecule has 0 aromatic heterocycles. The molecule has 0 spiro atoms. The van der Waals surface area contributed by atoms with Crippen molar-refractivity contribution in [2.75, 3.05) is 20.6 Å². The van der Waals surface area contributed by atoms with E-state index in [4.69, 9.17) is 5.11 Å². The summed E-state index contributed by atoms with van der Waals surface area (Å²) in [6.07, 6.45) is 0.457. The summed E-state index contributed by atoms with van der Waals surface area (Å²) in [6.45, 7) is 1.53. The predicted molar refractivity (Wildman–Crippen MR) is 68.8 cm³/mol. The number of amides is 4. The molecular formula is C12H19N3O5. The fourth-order valence-corrected chi connectivity index (χ4v) is 1.88. The first kappa shape index (κ1) is 15.9. The molecule has 1 heterocycles. The zero-order chi connectivity index (χ0) is 15.4. The molecule has 1 aliphatic rings. The molecule has 0 aromatic rings. The molecule has 1 aliphatic heterocycles. The molecule has 0 radical (unpaired) electrons. The highest BCUT2D eigenvalue weighted by Crippen LogP contribution is 2.11. The summed E-state index contributed by atoms with van der Waals surface area (Å²) in [5.41, 5.74) is 0. The van der Waals surface area contributed by atoms with E-state index in [2.05, 4.69) is 5.32 Å². The van der Waals surface area contributed by atoms with Gasteiger partial charge in [-0.25, -0.2) is 4.79 Å². The second kappa shape index (κ2) is 6.36. The number of carbonyl (C=O) groups excluding carboxylic acids is 3. The van der Waals surface area contributed by atoms with Gasteiger partial charge in [-0.1, -0.05) is 6.92 Å². The summed E-state index contributed by atoms with van der Waals surface area (Å²) in [4.78, 5) is 47.9. The van der Waals surface area contributed by atoms with Crippen molar-refractivity contribution in [2.24, 2.45) is 5.92 Å². The molecule has 2 N–H and O–H groups in total. The van der Waals surface area contributed by atoms with Gasteiger partial charge in [0.25, 0.3) is 5.91 Å². The van der Waals surface area contributed by atoms with Crippen LogP contribution in [0, 0.1) is 5.92 Å². The van der Waals surface area contributed by atoms with Crippen molar-refractivity contribution in [1.82, 2.24) is 15.1 Å². The Bertz CT molecular complexity index is 437. The molecule has 1 saturated heterocycles. The second-order valence-corrected chi connectivity index (χ2v) is 4.95. The molecule has 1 fully saturated rings. The summed E-state index contributed by atoms with van der Waals surface area (Å²) >= 11 is 0. The van der Waals surface area contributed by atoms with Crippen LogP contribution in [-0.4, -0.2) is 65.4 Å². The van der Waals surface area contributed by atoms with Crippen LogP contribution in [0.15, 0.2) is 0 Å². The normalized spacial score (nSPS) is 20.6. The number of nitrogens with one attached hydrogen (secondary N) is 1. The lowest BCUT2D eigenvalue weighted by Crippen LogP contribution is -2.55. The van der Waals surface area contributed by atoms with Crippen molar-refractivity contribution in [3.8, 4) is 0 Å². The topological polar surface area (TPSA) is 107 Å². The smallest absolute Gasteiger partial charge is 0.317 e. The van der Waals surface area contributed by atoms with E-state index < -0.39 is 29.9 Å². The lowest BCUT2D eigenvalue weighted by molar-refractivity contribution is -0.148. The average molecular weight is 285 g/mol. The monoisotopic (exact) mass is 285 g/mol. The number of nitrogens with zero attached hydrogens (tertiary/aromatic N) is 2. The van der Waals surface area contributed by atoms with Gasteiger partial charge in [-0.2, -0.15) is 0 Å². The van der Waals surface area contributed by atoms with Gasteiger partial charge in [-0.05, 0) is 6.42 Å². The molecule has 4 amide bonds. The molecule has 8 nitrogen and oxygen atoms in total. The Kier molecular flexibility index (Phi) is 5.06. The highest BCUT2D eigenvalue weighted by molar-refractivity contribution is 6.01. The molecule has 2 unspecified atom stereocenters. The minimum atomic E-state index is -0.997. The quantitative estimate of drug-likeness (QED) is 0.677. The second-order valence-electron chi connectivity index (χ2n) is 4.95. The van der Waals surface area contributed by atoms with Crippen molar-refractivity contribution >= 4 is 23.8 Å². The number of carboxylic acids is 1. The fraction of sp³-hybridized carbons (Fsp3) is 0.667. The minimum absolute atomic E-state index is 0.0385. The van der Waals surface area contributed by atoms with Gasteiger partial charge in [-0.15, -0.1) is 0 Å². The van der Waals surface area contributed by atoms with Crippen molar-refractivity contribution in [3.63, 3.8) is 0 Å². The molecule has 112 valence electrons. The van der Waals surface area contributed by atoms with Gasteiger partial charge in [0.2, 0.25) is 5.91 Å². The van der Waals surface area contributed by atoms with Gasteiger partial charge in [0.15, 0.2) is 0 Å². The third kappa shape index (κ3) is 3.69. The van der Waals surface area contributed by atoms with Crippen molar-refractivity contribution < 1.29 is 24.3 Å². The van der Waals surface area contributed by atoms with E-state index in [1.54, 1.807) is 0 Å². The van der Waals surface area contributed by atoms with Crippen LogP contribution >= 0.6 is 0 Å². The van der Waals surface area contributed by atoms with E-state index >= 15 is 0 Å². The predicted octanol–water partition coefficient (Wildman–Crippen LogP) is -0.504. The number of likely N-dealkylation sites (tertiary alicyclic amines) is 1. The van der Waals surface area contributed by atoms with Crippen molar-refractivity contribution in [1.29, 1.82) is 0 Å². The highest BCUT2D eigenvalue weighted by atomic mass is 16.4. The van der Waals surface area contributed by atoms with Crippen molar-refractivity contribution in [3.05, 3.63) is 0 Å². The minimum Gasteiger partial charge on any atom is -0.481 e. The molecule has 1 rings (SSSR count). The maximum absolute atomic E-state index is 11.9. The Hall–Kier alpha value is -2.12. The van der Waals surface area contributed by atoms with E-state index in [-0.39, 0.29) is 25.3 Å². The van der Waals surface area contributed by atoms with Crippen LogP contribution in [-0.2, 0) is 14.4 Å². The average Bonchev–Trinajstić information content (AvgIpc) is 2.39. The van der Waals surface area contributed by atoms with Gasteiger partial charge >= 0.3 is 12.0 Å². The first-order valence-electron chi connectivity index (χ1n) is 6.29. The standard InChI is InChI=1S/C12H19N3O5/c1-7(11(18)19)6-14(2)12(20)13-8-4-5-9(16)15(3)10(8)17/h7-8H,4-6H2,1-3H3,(H,13,20)(H,18,19). The van der Waals surface area contributed by atoms with Crippen LogP contribution in [0.2, 0.25) is 0 Å². The molecule has 0 saturated carbocycles.